The van der Waals surface area contributed by atoms with Crippen molar-refractivity contribution in [1.82, 2.24) is 15.0 Å². The summed E-state index contributed by atoms with van der Waals surface area (Å²) in [7, 11) is -2.29. The number of aryl methyl sites for hydroxylation is 1. The van der Waals surface area contributed by atoms with Crippen LogP contribution in [0.1, 0.15) is 0 Å². The SMILES string of the molecule is Cn1nncc1NS(=O)(=O)c1ccc([N+](=O)[O-])cc1. The third kappa shape index (κ3) is 2.68. The van der Waals surface area contributed by atoms with E-state index in [1.807, 2.05) is 0 Å². The fourth-order valence-electron chi connectivity index (χ4n) is 1.33. The van der Waals surface area contributed by atoms with E-state index in [-0.39, 0.29) is 16.4 Å². The van der Waals surface area contributed by atoms with Gasteiger partial charge >= 0.3 is 0 Å². The van der Waals surface area contributed by atoms with E-state index in [2.05, 4.69) is 15.0 Å². The van der Waals surface area contributed by atoms with Crippen LogP contribution in [0, 0.1) is 10.1 Å². The van der Waals surface area contributed by atoms with E-state index < -0.39 is 14.9 Å². The minimum absolute atomic E-state index is 0.0840. The molecule has 0 aliphatic heterocycles. The topological polar surface area (TPSA) is 120 Å². The first-order valence-corrected chi connectivity index (χ1v) is 6.50. The maximum Gasteiger partial charge on any atom is 0.269 e. The maximum absolute atomic E-state index is 12.0. The molecule has 0 spiro atoms. The van der Waals surface area contributed by atoms with Crippen molar-refractivity contribution in [3.8, 4) is 0 Å². The van der Waals surface area contributed by atoms with E-state index in [0.29, 0.717) is 0 Å². The number of rotatable bonds is 4. The van der Waals surface area contributed by atoms with Gasteiger partial charge in [-0.25, -0.2) is 13.1 Å². The maximum atomic E-state index is 12.0. The number of nitrogens with zero attached hydrogens (tertiary/aromatic N) is 4. The molecule has 0 amide bonds. The fraction of sp³-hybridized carbons (Fsp3) is 0.111. The fourth-order valence-corrected chi connectivity index (χ4v) is 2.40. The number of nitro benzene ring substituents is 1. The molecule has 9 nitrogen and oxygen atoms in total. The molecule has 100 valence electrons. The Morgan fingerprint density at radius 2 is 1.95 bits per heavy atom. The third-order valence-corrected chi connectivity index (χ3v) is 3.68. The second-order valence-electron chi connectivity index (χ2n) is 3.60. The second-order valence-corrected chi connectivity index (χ2v) is 5.28. The van der Waals surface area contributed by atoms with Crippen LogP contribution in [0.4, 0.5) is 11.5 Å². The van der Waals surface area contributed by atoms with Crippen molar-refractivity contribution >= 4 is 21.5 Å². The lowest BCUT2D eigenvalue weighted by Gasteiger charge is -2.06. The zero-order chi connectivity index (χ0) is 14.0. The van der Waals surface area contributed by atoms with Gasteiger partial charge in [0, 0.05) is 19.2 Å². The average Bonchev–Trinajstić information content (AvgIpc) is 2.74. The summed E-state index contributed by atoms with van der Waals surface area (Å²) in [6.45, 7) is 0. The third-order valence-electron chi connectivity index (χ3n) is 2.31. The summed E-state index contributed by atoms with van der Waals surface area (Å²) in [5.41, 5.74) is -0.179. The average molecular weight is 283 g/mol. The number of nitro groups is 1. The largest absolute Gasteiger partial charge is 0.269 e. The van der Waals surface area contributed by atoms with Gasteiger partial charge in [0.05, 0.1) is 16.0 Å². The quantitative estimate of drug-likeness (QED) is 0.645. The van der Waals surface area contributed by atoms with Crippen molar-refractivity contribution in [3.05, 3.63) is 40.6 Å². The van der Waals surface area contributed by atoms with Crippen LogP contribution in [0.3, 0.4) is 0 Å². The molecule has 2 aromatic rings. The van der Waals surface area contributed by atoms with Crippen LogP contribution >= 0.6 is 0 Å². The van der Waals surface area contributed by atoms with Gasteiger partial charge in [0.1, 0.15) is 0 Å². The number of benzene rings is 1. The van der Waals surface area contributed by atoms with Gasteiger partial charge in [-0.05, 0) is 12.1 Å². The number of anilines is 1. The van der Waals surface area contributed by atoms with Crippen LogP contribution < -0.4 is 4.72 Å². The normalized spacial score (nSPS) is 11.2. The molecular weight excluding hydrogens is 274 g/mol. The van der Waals surface area contributed by atoms with E-state index in [1.165, 1.54) is 17.9 Å². The van der Waals surface area contributed by atoms with Gasteiger partial charge in [-0.3, -0.25) is 14.8 Å². The molecule has 19 heavy (non-hydrogen) atoms. The smallest absolute Gasteiger partial charge is 0.262 e. The highest BCUT2D eigenvalue weighted by Gasteiger charge is 2.17. The zero-order valence-electron chi connectivity index (χ0n) is 9.72. The Hall–Kier alpha value is -2.49. The molecule has 10 heteroatoms. The van der Waals surface area contributed by atoms with E-state index in [1.54, 1.807) is 0 Å². The van der Waals surface area contributed by atoms with Crippen molar-refractivity contribution in [1.29, 1.82) is 0 Å². The summed E-state index contributed by atoms with van der Waals surface area (Å²) >= 11 is 0. The Morgan fingerprint density at radius 3 is 2.42 bits per heavy atom. The summed E-state index contributed by atoms with van der Waals surface area (Å²) in [5.74, 6) is 0.193. The molecule has 1 N–H and O–H groups in total. The molecule has 0 bridgehead atoms. The lowest BCUT2D eigenvalue weighted by atomic mass is 10.3. The highest BCUT2D eigenvalue weighted by molar-refractivity contribution is 7.92. The van der Waals surface area contributed by atoms with Crippen molar-refractivity contribution < 1.29 is 13.3 Å². The van der Waals surface area contributed by atoms with Crippen LogP contribution in [-0.2, 0) is 17.1 Å². The van der Waals surface area contributed by atoms with Gasteiger partial charge < -0.3 is 0 Å². The van der Waals surface area contributed by atoms with E-state index >= 15 is 0 Å². The molecule has 0 saturated carbocycles. The number of nitrogens with one attached hydrogen (secondary N) is 1. The van der Waals surface area contributed by atoms with Gasteiger partial charge in [-0.1, -0.05) is 5.21 Å². The Labute approximate surface area is 108 Å². The minimum Gasteiger partial charge on any atom is -0.262 e. The summed E-state index contributed by atoms with van der Waals surface area (Å²) in [6.07, 6.45) is 1.25. The standard InChI is InChI=1S/C9H9N5O4S/c1-13-9(6-10-12-13)11-19(17,18)8-4-2-7(3-5-8)14(15)16/h2-6,11H,1H3. The number of non-ortho nitro benzene ring substituents is 1. The van der Waals surface area contributed by atoms with Crippen LogP contribution in [0.25, 0.3) is 0 Å². The molecular formula is C9H9N5O4S. The highest BCUT2D eigenvalue weighted by Crippen LogP contribution is 2.18. The lowest BCUT2D eigenvalue weighted by Crippen LogP contribution is -2.15. The molecule has 0 saturated heterocycles. The van der Waals surface area contributed by atoms with E-state index in [4.69, 9.17) is 0 Å². The highest BCUT2D eigenvalue weighted by atomic mass is 32.2. The Morgan fingerprint density at radius 1 is 1.32 bits per heavy atom. The van der Waals surface area contributed by atoms with Gasteiger partial charge in [0.25, 0.3) is 15.7 Å². The molecule has 1 aromatic heterocycles. The van der Waals surface area contributed by atoms with E-state index in [9.17, 15) is 18.5 Å². The first kappa shape index (κ1) is 13.0. The molecule has 2 rings (SSSR count). The number of sulfonamides is 1. The van der Waals surface area contributed by atoms with Gasteiger partial charge in [-0.2, -0.15) is 0 Å². The summed E-state index contributed by atoms with van der Waals surface area (Å²) in [6, 6.07) is 4.56. The predicted molar refractivity (Wildman–Crippen MR) is 64.9 cm³/mol. The minimum atomic E-state index is -3.82. The van der Waals surface area contributed by atoms with Crippen LogP contribution in [0.15, 0.2) is 35.4 Å². The Bertz CT molecular complexity index is 706. The van der Waals surface area contributed by atoms with Crippen molar-refractivity contribution in [3.63, 3.8) is 0 Å². The number of hydrogen-bond acceptors (Lipinski definition) is 6. The zero-order valence-corrected chi connectivity index (χ0v) is 10.5. The molecule has 0 aliphatic carbocycles. The predicted octanol–water partition coefficient (Wildman–Crippen LogP) is 0.524. The van der Waals surface area contributed by atoms with Crippen LogP contribution in [0.2, 0.25) is 0 Å². The first-order valence-electron chi connectivity index (χ1n) is 5.02. The van der Waals surface area contributed by atoms with Crippen molar-refractivity contribution in [2.24, 2.45) is 7.05 Å². The molecule has 0 radical (unpaired) electrons. The summed E-state index contributed by atoms with van der Waals surface area (Å²) in [4.78, 5) is 9.80. The lowest BCUT2D eigenvalue weighted by molar-refractivity contribution is -0.384. The second kappa shape index (κ2) is 4.65. The molecule has 1 heterocycles. The molecule has 1 aromatic carbocycles. The number of aromatic nitrogens is 3. The van der Waals surface area contributed by atoms with Crippen molar-refractivity contribution in [2.75, 3.05) is 4.72 Å². The molecule has 0 aliphatic rings. The van der Waals surface area contributed by atoms with E-state index in [0.717, 1.165) is 24.3 Å². The monoisotopic (exact) mass is 283 g/mol. The van der Waals surface area contributed by atoms with Gasteiger partial charge in [0.15, 0.2) is 5.82 Å². The molecule has 0 unspecified atom stereocenters. The van der Waals surface area contributed by atoms with Gasteiger partial charge in [0.2, 0.25) is 0 Å². The van der Waals surface area contributed by atoms with Crippen LogP contribution in [0.5, 0.6) is 0 Å². The first-order chi connectivity index (χ1) is 8.90. The Kier molecular flexibility index (Phi) is 3.17. The summed E-state index contributed by atoms with van der Waals surface area (Å²) < 4.78 is 27.5. The molecule has 0 atom stereocenters. The van der Waals surface area contributed by atoms with Crippen LogP contribution in [-0.4, -0.2) is 28.3 Å². The van der Waals surface area contributed by atoms with Crippen molar-refractivity contribution in [2.45, 2.75) is 4.90 Å². The Balaban J connectivity index is 2.29. The number of hydrogen-bond donors (Lipinski definition) is 1. The summed E-state index contributed by atoms with van der Waals surface area (Å²) in [5, 5.41) is 17.6. The molecule has 0 fully saturated rings. The van der Waals surface area contributed by atoms with Gasteiger partial charge in [-0.15, -0.1) is 5.10 Å².